The van der Waals surface area contributed by atoms with E-state index in [0.29, 0.717) is 53.2 Å². The fraction of sp³-hybridized carbons (Fsp3) is 0.400. The summed E-state index contributed by atoms with van der Waals surface area (Å²) >= 11 is 12.7. The second-order valence-electron chi connectivity index (χ2n) is 12.7. The number of halogens is 2. The summed E-state index contributed by atoms with van der Waals surface area (Å²) in [4.78, 5) is 36.2. The topological polar surface area (TPSA) is 62.2 Å². The molecule has 8 heteroatoms. The molecule has 226 valence electrons. The Kier molecular flexibility index (Phi) is 8.40. The fourth-order valence-corrected chi connectivity index (χ4v) is 6.41. The van der Waals surface area contributed by atoms with Crippen LogP contribution in [0.1, 0.15) is 76.6 Å². The van der Waals surface area contributed by atoms with E-state index in [-0.39, 0.29) is 23.8 Å². The molecule has 2 atom stereocenters. The SMILES string of the molecule is CCOc1cc(C(C)(C)C)ccc1C1=N[C@@](C)(c2ccc(Cl)cc2)[C@@](C)(c2ccc(Cl)cc2)N1C(=O)N1CCCC(=O)C1. The lowest BCUT2D eigenvalue weighted by Crippen LogP contribution is -2.59. The minimum atomic E-state index is -1.02. The molecule has 0 N–H and O–H groups in total. The number of ether oxygens (including phenoxy) is 1. The zero-order valence-electron chi connectivity index (χ0n) is 25.7. The van der Waals surface area contributed by atoms with Crippen LogP contribution in [-0.4, -0.2) is 47.1 Å². The molecular formula is C35H39Cl2N3O3. The summed E-state index contributed by atoms with van der Waals surface area (Å²) in [6.07, 6.45) is 1.10. The average molecular weight is 621 g/mol. The Bertz CT molecular complexity index is 1560. The summed E-state index contributed by atoms with van der Waals surface area (Å²) in [6.45, 7) is 13.5. The van der Waals surface area contributed by atoms with Crippen LogP contribution in [0.2, 0.25) is 10.0 Å². The molecule has 3 aromatic rings. The highest BCUT2D eigenvalue weighted by atomic mass is 35.5. The molecule has 1 fully saturated rings. The van der Waals surface area contributed by atoms with Crippen molar-refractivity contribution in [3.8, 4) is 5.75 Å². The Hall–Kier alpha value is -3.35. The van der Waals surface area contributed by atoms with Crippen molar-refractivity contribution in [2.24, 2.45) is 4.99 Å². The lowest BCUT2D eigenvalue weighted by Gasteiger charge is -2.47. The molecule has 6 nitrogen and oxygen atoms in total. The van der Waals surface area contributed by atoms with Crippen LogP contribution in [0.3, 0.4) is 0 Å². The van der Waals surface area contributed by atoms with Crippen LogP contribution in [-0.2, 0) is 21.3 Å². The number of hydrogen-bond acceptors (Lipinski definition) is 4. The van der Waals surface area contributed by atoms with Gasteiger partial charge in [0.25, 0.3) is 0 Å². The van der Waals surface area contributed by atoms with Crippen LogP contribution in [0, 0.1) is 0 Å². The van der Waals surface area contributed by atoms with Gasteiger partial charge in [-0.2, -0.15) is 0 Å². The number of aliphatic imine (C=N–C) groups is 1. The van der Waals surface area contributed by atoms with Crippen molar-refractivity contribution >= 4 is 40.9 Å². The van der Waals surface area contributed by atoms with Gasteiger partial charge in [-0.1, -0.05) is 74.3 Å². The van der Waals surface area contributed by atoms with E-state index in [0.717, 1.165) is 16.7 Å². The van der Waals surface area contributed by atoms with Crippen molar-refractivity contribution in [1.29, 1.82) is 0 Å². The first-order chi connectivity index (χ1) is 20.3. The Labute approximate surface area is 264 Å². The van der Waals surface area contributed by atoms with E-state index >= 15 is 0 Å². The molecule has 1 saturated heterocycles. The molecule has 0 aliphatic carbocycles. The van der Waals surface area contributed by atoms with Crippen LogP contribution < -0.4 is 4.74 Å². The van der Waals surface area contributed by atoms with Gasteiger partial charge in [0.2, 0.25) is 0 Å². The number of piperidine rings is 1. The van der Waals surface area contributed by atoms with Gasteiger partial charge in [-0.15, -0.1) is 0 Å². The molecular weight excluding hydrogens is 581 g/mol. The Balaban J connectivity index is 1.81. The van der Waals surface area contributed by atoms with Crippen molar-refractivity contribution < 1.29 is 14.3 Å². The minimum absolute atomic E-state index is 0.0514. The van der Waals surface area contributed by atoms with Crippen LogP contribution in [0.4, 0.5) is 4.79 Å². The van der Waals surface area contributed by atoms with E-state index in [2.05, 4.69) is 26.8 Å². The summed E-state index contributed by atoms with van der Waals surface area (Å²) < 4.78 is 6.23. The van der Waals surface area contributed by atoms with Gasteiger partial charge in [-0.05, 0) is 85.7 Å². The van der Waals surface area contributed by atoms with Crippen LogP contribution >= 0.6 is 23.2 Å². The highest BCUT2D eigenvalue weighted by Crippen LogP contribution is 2.54. The molecule has 0 bridgehead atoms. The summed E-state index contributed by atoms with van der Waals surface area (Å²) in [5.41, 5.74) is 1.48. The van der Waals surface area contributed by atoms with Gasteiger partial charge < -0.3 is 9.64 Å². The van der Waals surface area contributed by atoms with Gasteiger partial charge in [0.05, 0.1) is 18.7 Å². The van der Waals surface area contributed by atoms with Crippen molar-refractivity contribution in [1.82, 2.24) is 9.80 Å². The van der Waals surface area contributed by atoms with Gasteiger partial charge in [-0.25, -0.2) is 4.79 Å². The zero-order chi connectivity index (χ0) is 31.2. The first-order valence-electron chi connectivity index (χ1n) is 14.8. The van der Waals surface area contributed by atoms with E-state index in [1.165, 1.54) is 0 Å². The summed E-state index contributed by atoms with van der Waals surface area (Å²) in [6, 6.07) is 21.0. The number of hydrogen-bond donors (Lipinski definition) is 0. The highest BCUT2D eigenvalue weighted by Gasteiger charge is 2.60. The standard InChI is InChI=1S/C35H39Cl2N3O3/c1-7-43-30-21-25(33(2,3)4)14-19-29(30)31-38-34(5,23-10-15-26(36)16-11-23)35(6,24-12-17-27(37)18-13-24)40(31)32(42)39-20-8-9-28(41)22-39/h10-19,21H,7-9,20,22H2,1-6H3/t34-,35+/m0/s1. The second kappa shape index (κ2) is 11.6. The normalized spacial score (nSPS) is 22.5. The van der Waals surface area contributed by atoms with Gasteiger partial charge >= 0.3 is 6.03 Å². The summed E-state index contributed by atoms with van der Waals surface area (Å²) in [7, 11) is 0. The third-order valence-corrected chi connectivity index (χ3v) is 9.35. The smallest absolute Gasteiger partial charge is 0.326 e. The number of rotatable bonds is 5. The largest absolute Gasteiger partial charge is 0.493 e. The number of urea groups is 1. The van der Waals surface area contributed by atoms with Crippen molar-refractivity contribution in [3.63, 3.8) is 0 Å². The second-order valence-corrected chi connectivity index (χ2v) is 13.5. The molecule has 2 aliphatic rings. The van der Waals surface area contributed by atoms with E-state index < -0.39 is 11.1 Å². The molecule has 0 aromatic heterocycles. The zero-order valence-corrected chi connectivity index (χ0v) is 27.2. The maximum atomic E-state index is 14.8. The lowest BCUT2D eigenvalue weighted by atomic mass is 9.71. The number of ketones is 1. The molecule has 0 radical (unpaired) electrons. The maximum absolute atomic E-state index is 14.8. The lowest BCUT2D eigenvalue weighted by molar-refractivity contribution is -0.121. The molecule has 2 amide bonds. The fourth-order valence-electron chi connectivity index (χ4n) is 6.16. The van der Waals surface area contributed by atoms with Gasteiger partial charge in [0.1, 0.15) is 22.7 Å². The van der Waals surface area contributed by atoms with Crippen molar-refractivity contribution in [2.75, 3.05) is 19.7 Å². The number of likely N-dealkylation sites (tertiary alicyclic amines) is 1. The van der Waals surface area contributed by atoms with Crippen LogP contribution in [0.5, 0.6) is 5.75 Å². The van der Waals surface area contributed by atoms with Crippen LogP contribution in [0.15, 0.2) is 71.7 Å². The van der Waals surface area contributed by atoms with Gasteiger partial charge in [-0.3, -0.25) is 14.7 Å². The molecule has 0 spiro atoms. The molecule has 0 saturated carbocycles. The van der Waals surface area contributed by atoms with E-state index in [1.807, 2.05) is 81.4 Å². The van der Waals surface area contributed by atoms with Crippen LogP contribution in [0.25, 0.3) is 0 Å². The number of amides is 2. The number of carbonyl (C=O) groups excluding carboxylic acids is 2. The first kappa shape index (κ1) is 31.1. The van der Waals surface area contributed by atoms with Gasteiger partial charge in [0.15, 0.2) is 5.78 Å². The summed E-state index contributed by atoms with van der Waals surface area (Å²) in [5, 5.41) is 1.20. The molecule has 5 rings (SSSR count). The number of benzene rings is 3. The summed E-state index contributed by atoms with van der Waals surface area (Å²) in [5.74, 6) is 1.19. The van der Waals surface area contributed by atoms with Crippen molar-refractivity contribution in [3.05, 3.63) is 99.0 Å². The third kappa shape index (κ3) is 5.56. The van der Waals surface area contributed by atoms with E-state index in [4.69, 9.17) is 32.9 Å². The predicted octanol–water partition coefficient (Wildman–Crippen LogP) is 8.37. The predicted molar refractivity (Wildman–Crippen MR) is 174 cm³/mol. The number of carbonyl (C=O) groups is 2. The Morgan fingerprint density at radius 1 is 0.953 bits per heavy atom. The third-order valence-electron chi connectivity index (χ3n) is 8.85. The van der Waals surface area contributed by atoms with E-state index in [9.17, 15) is 9.59 Å². The number of nitrogens with zero attached hydrogens (tertiary/aromatic N) is 3. The number of amidine groups is 1. The van der Waals surface area contributed by atoms with Crippen molar-refractivity contribution in [2.45, 2.75) is 70.9 Å². The average Bonchev–Trinajstić information content (AvgIpc) is 3.21. The quantitative estimate of drug-likeness (QED) is 0.288. The minimum Gasteiger partial charge on any atom is -0.493 e. The molecule has 2 aliphatic heterocycles. The number of Topliss-reactive ketones (excluding diaryl/α,β-unsaturated/α-hetero) is 1. The molecule has 43 heavy (non-hydrogen) atoms. The Morgan fingerprint density at radius 2 is 1.56 bits per heavy atom. The first-order valence-corrected chi connectivity index (χ1v) is 15.6. The molecule has 2 heterocycles. The highest BCUT2D eigenvalue weighted by molar-refractivity contribution is 6.30. The monoisotopic (exact) mass is 619 g/mol. The molecule has 3 aromatic carbocycles. The maximum Gasteiger partial charge on any atom is 0.326 e. The molecule has 0 unspecified atom stereocenters. The Morgan fingerprint density at radius 3 is 2.12 bits per heavy atom. The van der Waals surface area contributed by atoms with Gasteiger partial charge in [0, 0.05) is 23.0 Å². The van der Waals surface area contributed by atoms with E-state index in [1.54, 1.807) is 9.80 Å².